The van der Waals surface area contributed by atoms with Gasteiger partial charge in [-0.1, -0.05) is 197 Å². The first-order valence-electron chi connectivity index (χ1n) is 23.5. The lowest BCUT2D eigenvalue weighted by molar-refractivity contribution is 0.253. The van der Waals surface area contributed by atoms with Crippen LogP contribution in [0.3, 0.4) is 0 Å². The SMILES string of the molecule is CC12CCC[C@@H]1c1ccc3c(-c4c(P(c5ccccc5)c5ccccc5)ccc5c6c(ccc45)C4CCC[C@@]4(C)CC6)c(P(c4ccccc4)c4ccccc4)ccc3c1CC2. The summed E-state index contributed by atoms with van der Waals surface area (Å²) in [5, 5.41) is 14.4. The Morgan fingerprint density at radius 2 is 0.710 bits per heavy atom. The lowest BCUT2D eigenvalue weighted by atomic mass is 9.66. The van der Waals surface area contributed by atoms with Crippen LogP contribution in [0.2, 0.25) is 0 Å². The van der Waals surface area contributed by atoms with Crippen molar-refractivity contribution in [2.24, 2.45) is 10.8 Å². The van der Waals surface area contributed by atoms with Crippen molar-refractivity contribution in [3.63, 3.8) is 0 Å². The predicted molar refractivity (Wildman–Crippen MR) is 270 cm³/mol. The van der Waals surface area contributed by atoms with Crippen LogP contribution in [0.4, 0.5) is 0 Å². The molecule has 2 heteroatoms. The molecule has 62 heavy (non-hydrogen) atoms. The monoisotopic (exact) mass is 838 g/mol. The molecule has 4 aliphatic rings. The summed E-state index contributed by atoms with van der Waals surface area (Å²) in [4.78, 5) is 0. The van der Waals surface area contributed by atoms with Crippen molar-refractivity contribution in [1.29, 1.82) is 0 Å². The molecule has 2 fully saturated rings. The lowest BCUT2D eigenvalue weighted by Crippen LogP contribution is -2.28. The van der Waals surface area contributed by atoms with Crippen LogP contribution >= 0.6 is 15.8 Å². The van der Waals surface area contributed by atoms with Gasteiger partial charge in [0.25, 0.3) is 0 Å². The number of hydrogen-bond donors (Lipinski definition) is 0. The van der Waals surface area contributed by atoms with Crippen LogP contribution in [0.15, 0.2) is 170 Å². The summed E-state index contributed by atoms with van der Waals surface area (Å²) in [5.41, 5.74) is 10.3. The van der Waals surface area contributed by atoms with E-state index in [0.717, 1.165) is 0 Å². The van der Waals surface area contributed by atoms with Gasteiger partial charge in [0.15, 0.2) is 0 Å². The number of rotatable bonds is 7. The zero-order valence-corrected chi connectivity index (χ0v) is 38.1. The Hall–Kier alpha value is -4.86. The molecule has 4 atom stereocenters. The van der Waals surface area contributed by atoms with Crippen molar-refractivity contribution in [3.8, 4) is 11.1 Å². The fourth-order valence-electron chi connectivity index (χ4n) is 13.2. The summed E-state index contributed by atoms with van der Waals surface area (Å²) in [6.07, 6.45) is 13.0. The predicted octanol–water partition coefficient (Wildman–Crippen LogP) is 13.6. The highest BCUT2D eigenvalue weighted by Crippen LogP contribution is 2.59. The minimum atomic E-state index is -0.904. The summed E-state index contributed by atoms with van der Waals surface area (Å²) in [7, 11) is -1.81. The average Bonchev–Trinajstić information content (AvgIpc) is 3.93. The second-order valence-corrected chi connectivity index (χ2v) is 24.0. The van der Waals surface area contributed by atoms with Crippen LogP contribution in [-0.2, 0) is 12.8 Å². The molecule has 8 aromatic carbocycles. The number of hydrogen-bond acceptors (Lipinski definition) is 0. The maximum absolute atomic E-state index is 2.61. The van der Waals surface area contributed by atoms with Crippen molar-refractivity contribution >= 4 is 69.2 Å². The van der Waals surface area contributed by atoms with E-state index in [9.17, 15) is 0 Å². The maximum Gasteiger partial charge on any atom is -0.000873 e. The van der Waals surface area contributed by atoms with Gasteiger partial charge in [0.05, 0.1) is 0 Å². The molecule has 4 aliphatic carbocycles. The van der Waals surface area contributed by atoms with Gasteiger partial charge in [-0.15, -0.1) is 0 Å². The first-order chi connectivity index (χ1) is 30.5. The molecule has 8 aromatic rings. The molecule has 0 aromatic heterocycles. The van der Waals surface area contributed by atoms with Gasteiger partial charge in [-0.05, 0) is 177 Å². The largest absolute Gasteiger partial charge is 0.0622 e. The molecule has 2 saturated carbocycles. The summed E-state index contributed by atoms with van der Waals surface area (Å²) < 4.78 is 0. The molecule has 0 saturated heterocycles. The molecule has 0 N–H and O–H groups in total. The Bertz CT molecular complexity index is 2670. The zero-order chi connectivity index (χ0) is 41.4. The third kappa shape index (κ3) is 6.22. The molecule has 0 amide bonds. The van der Waals surface area contributed by atoms with E-state index < -0.39 is 15.8 Å². The Balaban J connectivity index is 1.23. The van der Waals surface area contributed by atoms with E-state index in [2.05, 4.69) is 184 Å². The van der Waals surface area contributed by atoms with E-state index in [1.807, 2.05) is 0 Å². The normalized spacial score (nSPS) is 22.8. The molecule has 12 rings (SSSR count). The minimum Gasteiger partial charge on any atom is -0.0622 e. The molecule has 0 heterocycles. The van der Waals surface area contributed by atoms with Gasteiger partial charge >= 0.3 is 0 Å². The van der Waals surface area contributed by atoms with Crippen LogP contribution < -0.4 is 31.8 Å². The van der Waals surface area contributed by atoms with Crippen molar-refractivity contribution in [1.82, 2.24) is 0 Å². The van der Waals surface area contributed by atoms with Gasteiger partial charge in [-0.25, -0.2) is 0 Å². The molecule has 0 radical (unpaired) electrons. The van der Waals surface area contributed by atoms with Crippen molar-refractivity contribution in [3.05, 3.63) is 192 Å². The van der Waals surface area contributed by atoms with Gasteiger partial charge in [0.1, 0.15) is 0 Å². The van der Waals surface area contributed by atoms with Crippen LogP contribution in [0.25, 0.3) is 32.7 Å². The van der Waals surface area contributed by atoms with Gasteiger partial charge in [0.2, 0.25) is 0 Å². The Morgan fingerprint density at radius 3 is 1.06 bits per heavy atom. The highest BCUT2D eigenvalue weighted by Gasteiger charge is 2.45. The summed E-state index contributed by atoms with van der Waals surface area (Å²) in [5.74, 6) is 1.32. The molecule has 0 nitrogen and oxygen atoms in total. The highest BCUT2D eigenvalue weighted by atomic mass is 31.1. The molecule has 2 unspecified atom stereocenters. The third-order valence-corrected chi connectivity index (χ3v) is 21.2. The van der Waals surface area contributed by atoms with Gasteiger partial charge in [-0.2, -0.15) is 0 Å². The van der Waals surface area contributed by atoms with Gasteiger partial charge in [0, 0.05) is 0 Å². The summed E-state index contributed by atoms with van der Waals surface area (Å²) in [6, 6.07) is 66.6. The molecular formula is C60H56P2. The second kappa shape index (κ2) is 15.4. The van der Waals surface area contributed by atoms with E-state index in [0.29, 0.717) is 22.7 Å². The van der Waals surface area contributed by atoms with E-state index in [-0.39, 0.29) is 0 Å². The summed E-state index contributed by atoms with van der Waals surface area (Å²) >= 11 is 0. The Kier molecular flexibility index (Phi) is 9.66. The fourth-order valence-corrected chi connectivity index (χ4v) is 18.1. The Morgan fingerprint density at radius 1 is 0.371 bits per heavy atom. The standard InChI is InChI=1S/C60H56P2/c1-59-37-15-25-53(59)49-27-29-51-45(47(49)35-39-59)31-33-55(61(41-17-7-3-8-18-41)42-19-9-4-10-20-42)57(51)58-52-30-28-50-48(36-40-60(2)38-16-26-54(50)60)46(52)32-34-56(58)62(43-21-11-5-12-22-43)44-23-13-6-14-24-44/h3-14,17-24,27-34,53-54H,15-16,25-26,35-40H2,1-2H3/t53-,54?,59?,60+/m1/s1. The number of fused-ring (bicyclic) bond motifs is 10. The minimum absolute atomic E-state index is 0.427. The smallest absolute Gasteiger partial charge is 0.000873 e. The fraction of sp³-hybridized carbons (Fsp3) is 0.267. The first kappa shape index (κ1) is 38.8. The van der Waals surface area contributed by atoms with Crippen molar-refractivity contribution in [2.45, 2.75) is 89.9 Å². The van der Waals surface area contributed by atoms with Crippen LogP contribution in [0.1, 0.15) is 99.3 Å². The van der Waals surface area contributed by atoms with E-state index in [1.165, 1.54) is 129 Å². The molecule has 0 bridgehead atoms. The molecule has 306 valence electrons. The second-order valence-electron chi connectivity index (χ2n) is 19.6. The first-order valence-corrected chi connectivity index (χ1v) is 26.2. The van der Waals surface area contributed by atoms with E-state index >= 15 is 0 Å². The maximum atomic E-state index is 2.61. The lowest BCUT2D eigenvalue weighted by Gasteiger charge is -2.39. The van der Waals surface area contributed by atoms with Gasteiger partial charge in [-0.3, -0.25) is 0 Å². The molecular weight excluding hydrogens is 783 g/mol. The average molecular weight is 839 g/mol. The number of aryl methyl sites for hydroxylation is 2. The van der Waals surface area contributed by atoms with Crippen LogP contribution in [-0.4, -0.2) is 0 Å². The topological polar surface area (TPSA) is 0 Å². The summed E-state index contributed by atoms with van der Waals surface area (Å²) in [6.45, 7) is 5.18. The highest BCUT2D eigenvalue weighted by molar-refractivity contribution is 7.80. The van der Waals surface area contributed by atoms with Crippen molar-refractivity contribution in [2.75, 3.05) is 0 Å². The van der Waals surface area contributed by atoms with E-state index in [4.69, 9.17) is 0 Å². The van der Waals surface area contributed by atoms with Crippen molar-refractivity contribution < 1.29 is 0 Å². The van der Waals surface area contributed by atoms with Crippen LogP contribution in [0.5, 0.6) is 0 Å². The van der Waals surface area contributed by atoms with E-state index in [1.54, 1.807) is 22.3 Å². The zero-order valence-electron chi connectivity index (χ0n) is 36.3. The van der Waals surface area contributed by atoms with Gasteiger partial charge < -0.3 is 0 Å². The Labute approximate surface area is 371 Å². The molecule has 0 spiro atoms. The third-order valence-electron chi connectivity index (χ3n) is 16.2. The quantitative estimate of drug-likeness (QED) is 0.140. The number of benzene rings is 8. The molecule has 0 aliphatic heterocycles. The van der Waals surface area contributed by atoms with Crippen LogP contribution in [0, 0.1) is 10.8 Å².